The van der Waals surface area contributed by atoms with Gasteiger partial charge in [0.25, 0.3) is 0 Å². The first kappa shape index (κ1) is 52.3. The number of hydrogen-bond acceptors (Lipinski definition) is 12. The van der Waals surface area contributed by atoms with E-state index >= 15 is 0 Å². The number of hydrogen-bond donors (Lipinski definition) is 6. The number of carbonyl (C=O) groups is 2. The fraction of sp³-hybridized carbons (Fsp3) is 0.857. The van der Waals surface area contributed by atoms with Crippen LogP contribution in [0.15, 0.2) is 24.8 Å². The third-order valence-corrected chi connectivity index (χ3v) is 11.1. The second-order valence-electron chi connectivity index (χ2n) is 15.3. The molecule has 0 radical (unpaired) electrons. The summed E-state index contributed by atoms with van der Waals surface area (Å²) >= 11 is 0. The molecule has 1 saturated carbocycles. The highest BCUT2D eigenvalue weighted by Gasteiger charge is 2.51. The first-order valence-corrected chi connectivity index (χ1v) is 23.1. The minimum Gasteiger partial charge on any atom is -0.462 e. The lowest BCUT2D eigenvalue weighted by molar-refractivity contribution is -0.220. The van der Waals surface area contributed by atoms with Crippen LogP contribution in [0.25, 0.3) is 0 Å². The van der Waals surface area contributed by atoms with E-state index in [0.717, 1.165) is 64.2 Å². The average Bonchev–Trinajstić information content (AvgIpc) is 3.18. The molecule has 0 aromatic heterocycles. The van der Waals surface area contributed by atoms with Crippen molar-refractivity contribution in [2.45, 2.75) is 217 Å². The molecular weight excluding hydrogens is 743 g/mol. The highest BCUT2D eigenvalue weighted by molar-refractivity contribution is 7.47. The van der Waals surface area contributed by atoms with Gasteiger partial charge < -0.3 is 39.9 Å². The van der Waals surface area contributed by atoms with E-state index in [9.17, 15) is 44.6 Å². The zero-order valence-electron chi connectivity index (χ0n) is 34.3. The molecule has 0 amide bonds. The summed E-state index contributed by atoms with van der Waals surface area (Å²) in [6.45, 7) is 4.78. The van der Waals surface area contributed by atoms with Crippen LogP contribution in [0.3, 0.4) is 0 Å². The van der Waals surface area contributed by atoms with Gasteiger partial charge in [0, 0.05) is 12.8 Å². The van der Waals surface area contributed by atoms with Crippen LogP contribution in [0.4, 0.5) is 0 Å². The van der Waals surface area contributed by atoms with E-state index in [1.165, 1.54) is 77.0 Å². The van der Waals surface area contributed by atoms with Crippen molar-refractivity contribution in [3.8, 4) is 0 Å². The number of ether oxygens (including phenoxy) is 2. The monoisotopic (exact) mass is 821 g/mol. The minimum atomic E-state index is -5.11. The fourth-order valence-corrected chi connectivity index (χ4v) is 7.59. The van der Waals surface area contributed by atoms with Crippen LogP contribution in [-0.2, 0) is 32.7 Å². The molecule has 0 spiro atoms. The molecule has 0 bridgehead atoms. The summed E-state index contributed by atoms with van der Waals surface area (Å²) in [4.78, 5) is 35.6. The van der Waals surface area contributed by atoms with Crippen LogP contribution < -0.4 is 0 Å². The molecule has 1 rings (SSSR count). The molecule has 328 valence electrons. The molecule has 6 N–H and O–H groups in total. The number of aliphatic hydroxyl groups excluding tert-OH is 5. The van der Waals surface area contributed by atoms with Gasteiger partial charge >= 0.3 is 19.8 Å². The fourth-order valence-electron chi connectivity index (χ4n) is 6.61. The molecule has 1 aliphatic rings. The summed E-state index contributed by atoms with van der Waals surface area (Å²) in [5.41, 5.74) is 0. The van der Waals surface area contributed by atoms with Crippen molar-refractivity contribution < 1.29 is 63.1 Å². The summed E-state index contributed by atoms with van der Waals surface area (Å²) in [5, 5.41) is 50.0. The zero-order valence-corrected chi connectivity index (χ0v) is 35.2. The summed E-state index contributed by atoms with van der Waals surface area (Å²) < 4.78 is 33.4. The zero-order chi connectivity index (χ0) is 41.4. The van der Waals surface area contributed by atoms with E-state index in [2.05, 4.69) is 25.7 Å². The molecule has 0 heterocycles. The quantitative estimate of drug-likeness (QED) is 0.0155. The lowest BCUT2D eigenvalue weighted by atomic mass is 9.85. The maximum atomic E-state index is 12.8. The van der Waals surface area contributed by atoms with Crippen molar-refractivity contribution in [2.24, 2.45) is 0 Å². The Morgan fingerprint density at radius 1 is 0.589 bits per heavy atom. The Morgan fingerprint density at radius 3 is 1.48 bits per heavy atom. The second-order valence-corrected chi connectivity index (χ2v) is 16.7. The van der Waals surface area contributed by atoms with Gasteiger partial charge in [0.2, 0.25) is 0 Å². The largest absolute Gasteiger partial charge is 0.472 e. The van der Waals surface area contributed by atoms with Crippen LogP contribution in [0.2, 0.25) is 0 Å². The second kappa shape index (κ2) is 33.2. The Balaban J connectivity index is 2.48. The number of rotatable bonds is 36. The van der Waals surface area contributed by atoms with Gasteiger partial charge in [-0.3, -0.25) is 18.6 Å². The lowest BCUT2D eigenvalue weighted by Crippen LogP contribution is -2.64. The van der Waals surface area contributed by atoms with Crippen LogP contribution in [0.5, 0.6) is 0 Å². The van der Waals surface area contributed by atoms with Gasteiger partial charge in [0.15, 0.2) is 6.10 Å². The maximum Gasteiger partial charge on any atom is 0.472 e. The Hall–Kier alpha value is -1.67. The first-order chi connectivity index (χ1) is 26.9. The molecule has 8 atom stereocenters. The molecule has 0 saturated heterocycles. The van der Waals surface area contributed by atoms with Crippen molar-refractivity contribution in [1.29, 1.82) is 0 Å². The van der Waals surface area contributed by atoms with Gasteiger partial charge in [-0.15, -0.1) is 6.58 Å². The van der Waals surface area contributed by atoms with Crippen LogP contribution in [-0.4, -0.2) is 98.3 Å². The van der Waals surface area contributed by atoms with E-state index in [0.29, 0.717) is 12.8 Å². The Labute approximate surface area is 336 Å². The minimum absolute atomic E-state index is 0.0873. The van der Waals surface area contributed by atoms with E-state index in [1.54, 1.807) is 0 Å². The van der Waals surface area contributed by atoms with Gasteiger partial charge in [-0.1, -0.05) is 128 Å². The van der Waals surface area contributed by atoms with Crippen molar-refractivity contribution in [3.05, 3.63) is 24.8 Å². The van der Waals surface area contributed by atoms with Gasteiger partial charge in [-0.25, -0.2) is 4.57 Å². The average molecular weight is 821 g/mol. The molecule has 1 aliphatic carbocycles. The maximum absolute atomic E-state index is 12.8. The van der Waals surface area contributed by atoms with Crippen molar-refractivity contribution in [1.82, 2.24) is 0 Å². The molecule has 1 fully saturated rings. The first-order valence-electron chi connectivity index (χ1n) is 21.6. The lowest BCUT2D eigenvalue weighted by Gasteiger charge is -2.41. The third kappa shape index (κ3) is 25.6. The van der Waals surface area contributed by atoms with Gasteiger partial charge in [0.05, 0.1) is 6.61 Å². The standard InChI is InChI=1S/C42H77O13P/c1-3-5-7-9-11-13-15-17-18-19-21-22-24-26-28-30-35(43)52-32-34(54-36(44)31-29-27-25-23-20-16-14-12-10-8-6-4-2)33-53-56(50,51)55-42-40(48)38(46)37(45)39(47)41(42)49/h3,12,14,34,37-42,45-49H,1,4-11,13,15-33H2,2H3,(H,50,51)/b14-12+/t34-,37?,38-,39?,40?,41?,42?/m0/s1. The highest BCUT2D eigenvalue weighted by Crippen LogP contribution is 2.47. The van der Waals surface area contributed by atoms with Gasteiger partial charge in [-0.2, -0.15) is 0 Å². The van der Waals surface area contributed by atoms with Crippen molar-refractivity contribution in [3.63, 3.8) is 0 Å². The number of esters is 2. The van der Waals surface area contributed by atoms with Crippen LogP contribution >= 0.6 is 7.82 Å². The topological polar surface area (TPSA) is 210 Å². The van der Waals surface area contributed by atoms with E-state index in [1.807, 2.05) is 6.08 Å². The van der Waals surface area contributed by atoms with E-state index in [-0.39, 0.29) is 12.8 Å². The smallest absolute Gasteiger partial charge is 0.462 e. The highest BCUT2D eigenvalue weighted by atomic mass is 31.2. The number of allylic oxidation sites excluding steroid dienone is 3. The molecule has 0 aromatic carbocycles. The van der Waals surface area contributed by atoms with Gasteiger partial charge in [-0.05, 0) is 51.4 Å². The molecular formula is C42H77O13P. The number of phosphoric acid groups is 1. The molecule has 0 aliphatic heterocycles. The molecule has 6 unspecified atom stereocenters. The van der Waals surface area contributed by atoms with Crippen LogP contribution in [0, 0.1) is 0 Å². The van der Waals surface area contributed by atoms with E-state index in [4.69, 9.17) is 18.5 Å². The van der Waals surface area contributed by atoms with Crippen molar-refractivity contribution in [2.75, 3.05) is 13.2 Å². The van der Waals surface area contributed by atoms with Gasteiger partial charge in [0.1, 0.15) is 43.2 Å². The third-order valence-electron chi connectivity index (χ3n) is 10.2. The number of unbranched alkanes of at least 4 members (excludes halogenated alkanes) is 21. The Morgan fingerprint density at radius 2 is 1.00 bits per heavy atom. The SMILES string of the molecule is C=CCCCCCCCCCCCCCCCC(=O)OC[C@@H](COP(=O)(O)OC1C(O)C(O)C(O)[C@H](O)C1O)OC(=O)CCCCCCC/C=C/CCCCC. The molecule has 0 aromatic rings. The predicted octanol–water partition coefficient (Wildman–Crippen LogP) is 7.67. The van der Waals surface area contributed by atoms with E-state index < -0.39 is 75.7 Å². The van der Waals surface area contributed by atoms with Crippen molar-refractivity contribution >= 4 is 19.8 Å². The molecule has 14 heteroatoms. The Kier molecular flexibility index (Phi) is 31.0. The normalized spacial score (nSPS) is 22.8. The summed E-state index contributed by atoms with van der Waals surface area (Å²) in [6, 6.07) is 0. The summed E-state index contributed by atoms with van der Waals surface area (Å²) in [7, 11) is -5.11. The number of carbonyl (C=O) groups excluding carboxylic acids is 2. The molecule has 13 nitrogen and oxygen atoms in total. The molecule has 56 heavy (non-hydrogen) atoms. The summed E-state index contributed by atoms with van der Waals surface area (Å²) in [6.07, 6.45) is 19.9. The number of aliphatic hydroxyl groups is 5. The Bertz CT molecular complexity index is 1070. The summed E-state index contributed by atoms with van der Waals surface area (Å²) in [5.74, 6) is -1.11. The predicted molar refractivity (Wildman–Crippen MR) is 217 cm³/mol. The van der Waals surface area contributed by atoms with Crippen LogP contribution in [0.1, 0.15) is 174 Å². The number of phosphoric ester groups is 1.